The van der Waals surface area contributed by atoms with Gasteiger partial charge in [-0.05, 0) is 44.0 Å². The van der Waals surface area contributed by atoms with E-state index in [1.165, 1.54) is 22.6 Å². The molecule has 1 aliphatic heterocycles. The fraction of sp³-hybridized carbons (Fsp3) is 0.333. The number of carbonyl (C=O) groups excluding carboxylic acids is 1. The minimum absolute atomic E-state index is 0.108. The number of aromatic nitrogens is 4. The van der Waals surface area contributed by atoms with Gasteiger partial charge in [0.05, 0.1) is 12.8 Å². The first-order valence-corrected chi connectivity index (χ1v) is 11.3. The summed E-state index contributed by atoms with van der Waals surface area (Å²) in [6.07, 6.45) is 1.55. The van der Waals surface area contributed by atoms with Crippen molar-refractivity contribution >= 4 is 23.2 Å². The van der Waals surface area contributed by atoms with Crippen molar-refractivity contribution in [2.75, 3.05) is 18.6 Å². The standard InChI is InChI=1S/C24H25ClFN5O4/c1-6-29-19(11-32)28-31(24(29)34)18-8-14-15(7-17(18)26)23(33)30(10-16(14)12(2)3)21-13(4)9-27-22(35-5)20(21)25/h7-9,16,32H,2,6,10-11H2,1,3-5H3/t16-/m1/s1. The quantitative estimate of drug-likeness (QED) is 0.519. The lowest BCUT2D eigenvalue weighted by atomic mass is 9.84. The molecule has 9 nitrogen and oxygen atoms in total. The molecule has 3 heterocycles. The van der Waals surface area contributed by atoms with Crippen molar-refractivity contribution in [3.05, 3.63) is 74.3 Å². The van der Waals surface area contributed by atoms with Gasteiger partial charge in [0.2, 0.25) is 5.88 Å². The van der Waals surface area contributed by atoms with E-state index in [1.807, 2.05) is 6.92 Å². The Kier molecular flexibility index (Phi) is 6.52. The molecular weight excluding hydrogens is 477 g/mol. The number of pyridine rings is 1. The van der Waals surface area contributed by atoms with E-state index >= 15 is 4.39 Å². The molecule has 1 N–H and O–H groups in total. The summed E-state index contributed by atoms with van der Waals surface area (Å²) in [7, 11) is 1.43. The van der Waals surface area contributed by atoms with Crippen LogP contribution in [0, 0.1) is 12.7 Å². The molecule has 0 spiro atoms. The second-order valence-corrected chi connectivity index (χ2v) is 8.71. The molecule has 0 saturated carbocycles. The summed E-state index contributed by atoms with van der Waals surface area (Å²) < 4.78 is 22.8. The van der Waals surface area contributed by atoms with Gasteiger partial charge in [0.1, 0.15) is 23.1 Å². The molecule has 4 rings (SSSR count). The lowest BCUT2D eigenvalue weighted by Crippen LogP contribution is -2.41. The molecule has 0 fully saturated rings. The number of aryl methyl sites for hydroxylation is 1. The lowest BCUT2D eigenvalue weighted by Gasteiger charge is -2.36. The fourth-order valence-electron chi connectivity index (χ4n) is 4.39. The van der Waals surface area contributed by atoms with E-state index in [0.717, 1.165) is 16.3 Å². The van der Waals surface area contributed by atoms with Gasteiger partial charge in [0, 0.05) is 30.8 Å². The van der Waals surface area contributed by atoms with Crippen molar-refractivity contribution in [2.45, 2.75) is 39.8 Å². The molecular formula is C24H25ClFN5O4. The van der Waals surface area contributed by atoms with E-state index in [-0.39, 0.29) is 47.0 Å². The Hall–Kier alpha value is -3.50. The average Bonchev–Trinajstić information content (AvgIpc) is 3.15. The van der Waals surface area contributed by atoms with Crippen LogP contribution >= 0.6 is 11.6 Å². The molecule has 0 aliphatic carbocycles. The van der Waals surface area contributed by atoms with Crippen LogP contribution in [0.25, 0.3) is 5.69 Å². The van der Waals surface area contributed by atoms with E-state index in [9.17, 15) is 14.7 Å². The first kappa shape index (κ1) is 24.6. The minimum Gasteiger partial charge on any atom is -0.480 e. The average molecular weight is 502 g/mol. The number of aliphatic hydroxyl groups excluding tert-OH is 1. The van der Waals surface area contributed by atoms with E-state index in [0.29, 0.717) is 16.8 Å². The number of hydrogen-bond donors (Lipinski definition) is 1. The first-order valence-electron chi connectivity index (χ1n) is 10.9. The van der Waals surface area contributed by atoms with Gasteiger partial charge in [0.15, 0.2) is 5.82 Å². The number of ether oxygens (including phenoxy) is 1. The van der Waals surface area contributed by atoms with Crippen molar-refractivity contribution in [3.8, 4) is 11.6 Å². The summed E-state index contributed by atoms with van der Waals surface area (Å²) in [5, 5.41) is 13.8. The Bertz CT molecular complexity index is 1410. The second-order valence-electron chi connectivity index (χ2n) is 8.33. The van der Waals surface area contributed by atoms with Gasteiger partial charge >= 0.3 is 5.69 Å². The molecule has 1 amide bonds. The maximum absolute atomic E-state index is 15.4. The van der Waals surface area contributed by atoms with Gasteiger partial charge in [-0.1, -0.05) is 23.8 Å². The number of benzene rings is 1. The summed E-state index contributed by atoms with van der Waals surface area (Å²) in [5.41, 5.74) is 1.77. The van der Waals surface area contributed by atoms with E-state index in [2.05, 4.69) is 16.7 Å². The number of amides is 1. The molecule has 0 bridgehead atoms. The number of anilines is 1. The third-order valence-electron chi connectivity index (χ3n) is 6.16. The van der Waals surface area contributed by atoms with Crippen molar-refractivity contribution < 1.29 is 19.0 Å². The molecule has 35 heavy (non-hydrogen) atoms. The number of halogens is 2. The van der Waals surface area contributed by atoms with Crippen LogP contribution in [0.1, 0.15) is 47.1 Å². The van der Waals surface area contributed by atoms with Crippen molar-refractivity contribution in [1.82, 2.24) is 19.3 Å². The molecule has 1 aliphatic rings. The number of fused-ring (bicyclic) bond motifs is 1. The highest BCUT2D eigenvalue weighted by molar-refractivity contribution is 6.35. The number of aliphatic hydroxyl groups is 1. The molecule has 2 aromatic heterocycles. The third-order valence-corrected chi connectivity index (χ3v) is 6.50. The zero-order valence-corrected chi connectivity index (χ0v) is 20.6. The van der Waals surface area contributed by atoms with Crippen LogP contribution < -0.4 is 15.3 Å². The molecule has 11 heteroatoms. The Morgan fingerprint density at radius 1 is 1.37 bits per heavy atom. The Morgan fingerprint density at radius 2 is 2.09 bits per heavy atom. The monoisotopic (exact) mass is 501 g/mol. The highest BCUT2D eigenvalue weighted by Crippen LogP contribution is 2.42. The van der Waals surface area contributed by atoms with Crippen LogP contribution in [0.3, 0.4) is 0 Å². The number of hydrogen-bond acceptors (Lipinski definition) is 6. The minimum atomic E-state index is -0.804. The highest BCUT2D eigenvalue weighted by atomic mass is 35.5. The van der Waals surface area contributed by atoms with Crippen molar-refractivity contribution in [3.63, 3.8) is 0 Å². The van der Waals surface area contributed by atoms with Gasteiger partial charge in [-0.25, -0.2) is 14.2 Å². The van der Waals surface area contributed by atoms with Gasteiger partial charge in [-0.3, -0.25) is 9.36 Å². The largest absolute Gasteiger partial charge is 0.480 e. The predicted octanol–water partition coefficient (Wildman–Crippen LogP) is 3.37. The maximum atomic E-state index is 15.4. The molecule has 1 aromatic carbocycles. The summed E-state index contributed by atoms with van der Waals surface area (Å²) in [6, 6.07) is 2.56. The lowest BCUT2D eigenvalue weighted by molar-refractivity contribution is 0.0977. The first-order chi connectivity index (χ1) is 16.6. The van der Waals surface area contributed by atoms with Crippen LogP contribution in [0.2, 0.25) is 5.02 Å². The Morgan fingerprint density at radius 3 is 2.66 bits per heavy atom. The van der Waals surface area contributed by atoms with Crippen molar-refractivity contribution in [2.24, 2.45) is 0 Å². The van der Waals surface area contributed by atoms with Gasteiger partial charge in [-0.2, -0.15) is 4.68 Å². The molecule has 0 radical (unpaired) electrons. The summed E-state index contributed by atoms with van der Waals surface area (Å²) in [6.45, 7) is 9.37. The smallest absolute Gasteiger partial charge is 0.350 e. The van der Waals surface area contributed by atoms with Crippen molar-refractivity contribution in [1.29, 1.82) is 0 Å². The molecule has 3 aromatic rings. The Labute approximate surface area is 206 Å². The van der Waals surface area contributed by atoms with Crippen LogP contribution in [-0.2, 0) is 13.2 Å². The third kappa shape index (κ3) is 3.92. The van der Waals surface area contributed by atoms with Crippen LogP contribution in [-0.4, -0.2) is 44.0 Å². The molecule has 1 atom stereocenters. The maximum Gasteiger partial charge on any atom is 0.350 e. The van der Waals surface area contributed by atoms with E-state index in [1.54, 1.807) is 20.0 Å². The second kappa shape index (κ2) is 9.27. The number of nitrogens with zero attached hydrogens (tertiary/aromatic N) is 5. The zero-order valence-electron chi connectivity index (χ0n) is 19.8. The van der Waals surface area contributed by atoms with Crippen LogP contribution in [0.15, 0.2) is 35.3 Å². The van der Waals surface area contributed by atoms with Crippen LogP contribution in [0.5, 0.6) is 5.88 Å². The van der Waals surface area contributed by atoms with E-state index < -0.39 is 24.0 Å². The number of rotatable bonds is 6. The highest BCUT2D eigenvalue weighted by Gasteiger charge is 2.36. The molecule has 0 saturated heterocycles. The number of methoxy groups -OCH3 is 1. The van der Waals surface area contributed by atoms with E-state index in [4.69, 9.17) is 16.3 Å². The molecule has 0 unspecified atom stereocenters. The fourth-order valence-corrected chi connectivity index (χ4v) is 4.76. The summed E-state index contributed by atoms with van der Waals surface area (Å²) in [5.74, 6) is -1.35. The van der Waals surface area contributed by atoms with Gasteiger partial charge in [0.25, 0.3) is 5.91 Å². The number of carbonyl (C=O) groups is 1. The zero-order chi connectivity index (χ0) is 25.6. The summed E-state index contributed by atoms with van der Waals surface area (Å²) in [4.78, 5) is 32.0. The predicted molar refractivity (Wildman–Crippen MR) is 129 cm³/mol. The topological polar surface area (TPSA) is 102 Å². The van der Waals surface area contributed by atoms with Gasteiger partial charge in [-0.15, -0.1) is 5.10 Å². The SMILES string of the molecule is C=C(C)[C@H]1CN(c2c(C)cnc(OC)c2Cl)C(=O)c2cc(F)c(-n3nc(CO)n(CC)c3=O)cc21. The van der Waals surface area contributed by atoms with Gasteiger partial charge < -0.3 is 14.7 Å². The van der Waals surface area contributed by atoms with Crippen LogP contribution in [0.4, 0.5) is 10.1 Å². The molecule has 184 valence electrons. The summed E-state index contributed by atoms with van der Waals surface area (Å²) >= 11 is 6.52. The normalized spacial score (nSPS) is 15.3. The Balaban J connectivity index is 1.91.